The van der Waals surface area contributed by atoms with Gasteiger partial charge in [-0.2, -0.15) is 5.26 Å². The van der Waals surface area contributed by atoms with E-state index in [1.54, 1.807) is 24.5 Å². The molecule has 40 heavy (non-hydrogen) atoms. The molecule has 0 saturated carbocycles. The molecule has 200 valence electrons. The highest BCUT2D eigenvalue weighted by Gasteiger charge is 2.40. The third kappa shape index (κ3) is 4.33. The zero-order valence-corrected chi connectivity index (χ0v) is 22.0. The number of hydrogen-bond acceptors (Lipinski definition) is 9. The van der Waals surface area contributed by atoms with Crippen LogP contribution in [-0.4, -0.2) is 57.7 Å². The molecule has 3 aliphatic rings. The Morgan fingerprint density at radius 2 is 2.08 bits per heavy atom. The van der Waals surface area contributed by atoms with Gasteiger partial charge in [-0.25, -0.2) is 15.0 Å². The number of fused-ring (bicyclic) bond motifs is 4. The topological polar surface area (TPSA) is 126 Å². The summed E-state index contributed by atoms with van der Waals surface area (Å²) in [4.78, 5) is 33.9. The summed E-state index contributed by atoms with van der Waals surface area (Å²) in [5.41, 5.74) is 4.45. The third-order valence-corrected chi connectivity index (χ3v) is 7.98. The predicted octanol–water partition coefficient (Wildman–Crippen LogP) is 3.31. The van der Waals surface area contributed by atoms with E-state index in [1.807, 2.05) is 37.3 Å². The van der Waals surface area contributed by atoms with Crippen molar-refractivity contribution in [2.75, 3.05) is 24.7 Å². The summed E-state index contributed by atoms with van der Waals surface area (Å²) >= 11 is 0. The Labute approximate surface area is 231 Å². The van der Waals surface area contributed by atoms with Gasteiger partial charge in [0.25, 0.3) is 5.91 Å². The van der Waals surface area contributed by atoms with Crippen LogP contribution < -0.4 is 10.2 Å². The summed E-state index contributed by atoms with van der Waals surface area (Å²) < 4.78 is 11.3. The molecule has 3 aromatic heterocycles. The Bertz CT molecular complexity index is 1690. The van der Waals surface area contributed by atoms with Crippen LogP contribution in [0.2, 0.25) is 0 Å². The van der Waals surface area contributed by atoms with Crippen LogP contribution in [-0.2, 0) is 28.0 Å². The number of benzene rings is 1. The lowest BCUT2D eigenvalue weighted by molar-refractivity contribution is 0.0757. The molecule has 6 heterocycles. The summed E-state index contributed by atoms with van der Waals surface area (Å²) in [6.07, 6.45) is 4.82. The molecule has 1 aromatic carbocycles. The summed E-state index contributed by atoms with van der Waals surface area (Å²) in [5.74, 6) is 0.478. The number of morpholine rings is 1. The molecule has 0 spiro atoms. The van der Waals surface area contributed by atoms with Gasteiger partial charge in [0, 0.05) is 29.9 Å². The fraction of sp³-hybridized carbons (Fsp3) is 0.333. The average Bonchev–Trinajstić information content (AvgIpc) is 3.64. The molecular weight excluding hydrogens is 506 g/mol. The number of carbonyl (C=O) groups is 1. The van der Waals surface area contributed by atoms with E-state index in [1.165, 1.54) is 0 Å². The molecule has 10 heteroatoms. The molecule has 1 N–H and O–H groups in total. The van der Waals surface area contributed by atoms with Gasteiger partial charge in [-0.3, -0.25) is 9.78 Å². The molecule has 3 atom stereocenters. The Kier molecular flexibility index (Phi) is 5.91. The molecular formula is C30H27N7O3. The molecule has 10 nitrogen and oxygen atoms in total. The van der Waals surface area contributed by atoms with Crippen molar-refractivity contribution in [3.8, 4) is 17.5 Å². The number of nitrogens with one attached hydrogen (secondary N) is 1. The molecule has 0 radical (unpaired) electrons. The van der Waals surface area contributed by atoms with Crippen LogP contribution >= 0.6 is 0 Å². The highest BCUT2D eigenvalue weighted by atomic mass is 16.5. The standard InChI is InChI=1S/C30H27N7O3/c1-30(16-31)17-39-14-20-3-2-18(8-24(20)30)28(38)34-12-21-9-27-19(11-33-21)4-5-25(35-27)26-6-7-32-29(36-26)37-13-23-10-22(37)15-40-23/h2-9,11,22-23H,10,12-15,17H2,1H3,(H,34,38)/t22-,23-,30-/m1/s1. The number of anilines is 1. The molecule has 0 aliphatic carbocycles. The first-order chi connectivity index (χ1) is 19.5. The number of pyridine rings is 2. The van der Waals surface area contributed by atoms with Gasteiger partial charge in [0.15, 0.2) is 0 Å². The summed E-state index contributed by atoms with van der Waals surface area (Å²) in [6.45, 7) is 4.36. The fourth-order valence-corrected chi connectivity index (χ4v) is 5.74. The van der Waals surface area contributed by atoms with Gasteiger partial charge in [0.2, 0.25) is 5.95 Å². The van der Waals surface area contributed by atoms with Crippen LogP contribution in [0.5, 0.6) is 0 Å². The zero-order valence-electron chi connectivity index (χ0n) is 22.0. The molecule has 1 amide bonds. The van der Waals surface area contributed by atoms with Crippen LogP contribution in [0.4, 0.5) is 5.95 Å². The van der Waals surface area contributed by atoms with Crippen LogP contribution in [0.1, 0.15) is 40.5 Å². The lowest BCUT2D eigenvalue weighted by atomic mass is 9.79. The predicted molar refractivity (Wildman–Crippen MR) is 146 cm³/mol. The maximum absolute atomic E-state index is 13.0. The summed E-state index contributed by atoms with van der Waals surface area (Å²) in [7, 11) is 0. The molecule has 2 fully saturated rings. The van der Waals surface area contributed by atoms with E-state index >= 15 is 0 Å². The number of nitriles is 1. The fourth-order valence-electron chi connectivity index (χ4n) is 5.74. The van der Waals surface area contributed by atoms with Crippen molar-refractivity contribution in [3.63, 3.8) is 0 Å². The minimum Gasteiger partial charge on any atom is -0.375 e. The van der Waals surface area contributed by atoms with Crippen molar-refractivity contribution >= 4 is 22.8 Å². The lowest BCUT2D eigenvalue weighted by Crippen LogP contribution is -2.38. The first-order valence-corrected chi connectivity index (χ1v) is 13.4. The highest BCUT2D eigenvalue weighted by molar-refractivity contribution is 5.94. The number of carbonyl (C=O) groups excluding carboxylic acids is 1. The molecule has 2 saturated heterocycles. The highest BCUT2D eigenvalue weighted by Crippen LogP contribution is 2.33. The van der Waals surface area contributed by atoms with E-state index in [4.69, 9.17) is 19.4 Å². The molecule has 2 bridgehead atoms. The largest absolute Gasteiger partial charge is 0.375 e. The van der Waals surface area contributed by atoms with Crippen molar-refractivity contribution < 1.29 is 14.3 Å². The smallest absolute Gasteiger partial charge is 0.251 e. The van der Waals surface area contributed by atoms with E-state index in [9.17, 15) is 10.1 Å². The zero-order chi connectivity index (χ0) is 27.3. The third-order valence-electron chi connectivity index (χ3n) is 7.98. The quantitative estimate of drug-likeness (QED) is 0.411. The SMILES string of the molecule is C[C@@]1(C#N)COCc2ccc(C(=O)NCc3cc4nc(-c5ccnc(N6C[C@H]7C[C@@H]6CO7)n5)ccc4cn3)cc21. The van der Waals surface area contributed by atoms with Crippen molar-refractivity contribution in [2.24, 2.45) is 0 Å². The molecule has 0 unspecified atom stereocenters. The second-order valence-corrected chi connectivity index (χ2v) is 10.8. The maximum atomic E-state index is 13.0. The first-order valence-electron chi connectivity index (χ1n) is 13.4. The summed E-state index contributed by atoms with van der Waals surface area (Å²) in [5, 5.41) is 13.5. The lowest BCUT2D eigenvalue weighted by Gasteiger charge is -2.30. The number of nitrogens with zero attached hydrogens (tertiary/aromatic N) is 6. The molecule has 4 aromatic rings. The van der Waals surface area contributed by atoms with Gasteiger partial charge in [-0.1, -0.05) is 6.07 Å². The number of rotatable bonds is 5. The van der Waals surface area contributed by atoms with E-state index < -0.39 is 5.41 Å². The Morgan fingerprint density at radius 1 is 1.18 bits per heavy atom. The first kappa shape index (κ1) is 24.6. The minimum atomic E-state index is -0.778. The Hall–Kier alpha value is -4.46. The number of hydrogen-bond donors (Lipinski definition) is 1. The van der Waals surface area contributed by atoms with Gasteiger partial charge in [0.05, 0.1) is 67.2 Å². The van der Waals surface area contributed by atoms with Crippen molar-refractivity contribution in [3.05, 3.63) is 77.2 Å². The maximum Gasteiger partial charge on any atom is 0.251 e. The van der Waals surface area contributed by atoms with Crippen molar-refractivity contribution in [1.82, 2.24) is 25.3 Å². The second-order valence-electron chi connectivity index (χ2n) is 10.8. The van der Waals surface area contributed by atoms with Gasteiger partial charge in [0.1, 0.15) is 5.41 Å². The van der Waals surface area contributed by atoms with Gasteiger partial charge >= 0.3 is 0 Å². The molecule has 3 aliphatic heterocycles. The Morgan fingerprint density at radius 3 is 2.90 bits per heavy atom. The van der Waals surface area contributed by atoms with E-state index in [2.05, 4.69) is 26.3 Å². The van der Waals surface area contributed by atoms with Crippen molar-refractivity contribution in [1.29, 1.82) is 5.26 Å². The van der Waals surface area contributed by atoms with Gasteiger partial charge in [-0.15, -0.1) is 0 Å². The van der Waals surface area contributed by atoms with Gasteiger partial charge < -0.3 is 19.7 Å². The van der Waals surface area contributed by atoms with E-state index in [-0.39, 0.29) is 18.6 Å². The van der Waals surface area contributed by atoms with Crippen LogP contribution in [0.15, 0.2) is 54.9 Å². The van der Waals surface area contributed by atoms with Crippen LogP contribution in [0, 0.1) is 11.3 Å². The number of aromatic nitrogens is 4. The minimum absolute atomic E-state index is 0.229. The monoisotopic (exact) mass is 533 g/mol. The van der Waals surface area contributed by atoms with Crippen molar-refractivity contribution in [2.45, 2.75) is 44.1 Å². The van der Waals surface area contributed by atoms with E-state index in [0.29, 0.717) is 36.5 Å². The Balaban J connectivity index is 1.09. The summed E-state index contributed by atoms with van der Waals surface area (Å²) in [6, 6.07) is 15.7. The van der Waals surface area contributed by atoms with Gasteiger partial charge in [-0.05, 0) is 60.9 Å². The number of ether oxygens (including phenoxy) is 2. The average molecular weight is 534 g/mol. The normalized spacial score (nSPS) is 23.1. The van der Waals surface area contributed by atoms with Crippen LogP contribution in [0.25, 0.3) is 22.3 Å². The second kappa shape index (κ2) is 9.62. The van der Waals surface area contributed by atoms with E-state index in [0.717, 1.165) is 53.0 Å². The molecule has 7 rings (SSSR count). The van der Waals surface area contributed by atoms with Crippen LogP contribution in [0.3, 0.4) is 0 Å². The number of amides is 1.